The Morgan fingerprint density at radius 2 is 0.929 bits per heavy atom. The molecule has 0 amide bonds. The van der Waals surface area contributed by atoms with Crippen molar-refractivity contribution in [2.75, 3.05) is 0 Å². The van der Waals surface area contributed by atoms with Crippen LogP contribution in [0.25, 0.3) is 0 Å². The molecule has 0 radical (unpaired) electrons. The van der Waals surface area contributed by atoms with Crippen LogP contribution in [0.3, 0.4) is 0 Å². The van der Waals surface area contributed by atoms with Crippen LogP contribution in [0.4, 0.5) is 0 Å². The molecule has 0 rings (SSSR count). The summed E-state index contributed by atoms with van der Waals surface area (Å²) in [6, 6.07) is 0. The van der Waals surface area contributed by atoms with Crippen LogP contribution in [0, 0.1) is 0 Å². The zero-order chi connectivity index (χ0) is 21.1. The monoisotopic (exact) mass is 420 g/mol. The van der Waals surface area contributed by atoms with Gasteiger partial charge in [0.05, 0.1) is 11.4 Å². The fraction of sp³-hybridized carbons (Fsp3) is 1.00. The second-order valence-corrected chi connectivity index (χ2v) is 10.2. The Balaban J connectivity index is 3.75. The number of hydrogen-bond acceptors (Lipinski definition) is 3. The molecule has 2 N–H and O–H groups in total. The van der Waals surface area contributed by atoms with E-state index in [0.717, 1.165) is 57.8 Å². The largest absolute Gasteiger partial charge is 0.393 e. The highest BCUT2D eigenvalue weighted by Gasteiger charge is 2.21. The average Bonchev–Trinajstić information content (AvgIpc) is 2.64. The number of hydrogen-bond donors (Lipinski definition) is 2. The van der Waals surface area contributed by atoms with Gasteiger partial charge in [-0.05, 0) is 25.7 Å². The smallest absolute Gasteiger partial charge is 0.267 e. The quantitative estimate of drug-likeness (QED) is 0.154. The molecule has 2 unspecified atom stereocenters. The van der Waals surface area contributed by atoms with Crippen LogP contribution in [0.2, 0.25) is 0 Å². The molecular weight excluding hydrogens is 372 g/mol. The lowest BCUT2D eigenvalue weighted by atomic mass is 10.0. The molecule has 4 nitrogen and oxygen atoms in total. The lowest BCUT2D eigenvalue weighted by Crippen LogP contribution is -2.20. The third kappa shape index (κ3) is 17.9. The Morgan fingerprint density at radius 1 is 0.571 bits per heavy atom. The molecule has 0 saturated carbocycles. The molecule has 0 heterocycles. The van der Waals surface area contributed by atoms with Crippen LogP contribution in [0.5, 0.6) is 0 Å². The molecule has 0 aromatic heterocycles. The minimum atomic E-state index is -3.94. The third-order valence-corrected chi connectivity index (χ3v) is 7.07. The maximum absolute atomic E-state index is 11.6. The van der Waals surface area contributed by atoms with Crippen LogP contribution >= 0.6 is 0 Å². The van der Waals surface area contributed by atoms with Crippen molar-refractivity contribution < 1.29 is 18.1 Å². The summed E-state index contributed by atoms with van der Waals surface area (Å²) in [7, 11) is -3.94. The van der Waals surface area contributed by atoms with Crippen molar-refractivity contribution in [3.05, 3.63) is 0 Å². The van der Waals surface area contributed by atoms with Crippen molar-refractivity contribution >= 4 is 10.1 Å². The Kier molecular flexibility index (Phi) is 18.8. The Hall–Kier alpha value is -0.130. The molecule has 0 fully saturated rings. The van der Waals surface area contributed by atoms with E-state index < -0.39 is 15.4 Å². The van der Waals surface area contributed by atoms with Gasteiger partial charge in [0, 0.05) is 0 Å². The van der Waals surface area contributed by atoms with Gasteiger partial charge in [-0.25, -0.2) is 0 Å². The van der Waals surface area contributed by atoms with Gasteiger partial charge in [-0.3, -0.25) is 4.55 Å². The van der Waals surface area contributed by atoms with Crippen molar-refractivity contribution in [2.45, 2.75) is 147 Å². The van der Waals surface area contributed by atoms with Gasteiger partial charge in [0.1, 0.15) is 0 Å². The van der Waals surface area contributed by atoms with Gasteiger partial charge in [-0.1, -0.05) is 110 Å². The molecule has 0 aliphatic rings. The molecule has 5 heteroatoms. The summed E-state index contributed by atoms with van der Waals surface area (Å²) in [5.74, 6) is 0. The number of unbranched alkanes of at least 4 members (excludes halogenated alkanes) is 12. The van der Waals surface area contributed by atoms with E-state index >= 15 is 0 Å². The van der Waals surface area contributed by atoms with E-state index in [1.807, 2.05) is 0 Å². The van der Waals surface area contributed by atoms with E-state index in [0.29, 0.717) is 12.8 Å². The first-order valence-corrected chi connectivity index (χ1v) is 13.6. The predicted molar refractivity (Wildman–Crippen MR) is 120 cm³/mol. The van der Waals surface area contributed by atoms with Gasteiger partial charge in [-0.2, -0.15) is 8.42 Å². The standard InChI is InChI=1S/C23H48O4S/c1-3-5-7-8-9-10-11-12-13-16-20-23(28(25,26)27)21-17-14-15-19-22(24)18-6-4-2/h22-24H,3-21H2,1-2H3,(H,25,26,27). The highest BCUT2D eigenvalue weighted by atomic mass is 32.2. The second kappa shape index (κ2) is 18.9. The van der Waals surface area contributed by atoms with Crippen molar-refractivity contribution in [3.8, 4) is 0 Å². The normalized spacial score (nSPS) is 14.3. The predicted octanol–water partition coefficient (Wildman–Crippen LogP) is 7.06. The van der Waals surface area contributed by atoms with Crippen molar-refractivity contribution in [1.82, 2.24) is 0 Å². The minimum Gasteiger partial charge on any atom is -0.393 e. The number of rotatable bonds is 21. The lowest BCUT2D eigenvalue weighted by Gasteiger charge is -2.14. The summed E-state index contributed by atoms with van der Waals surface area (Å²) in [6.07, 6.45) is 19.7. The fourth-order valence-corrected chi connectivity index (χ4v) is 4.74. The molecule has 0 spiro atoms. The van der Waals surface area contributed by atoms with Gasteiger partial charge in [0.2, 0.25) is 0 Å². The number of aliphatic hydroxyl groups is 1. The summed E-state index contributed by atoms with van der Waals surface area (Å²) >= 11 is 0. The van der Waals surface area contributed by atoms with E-state index in [9.17, 15) is 18.1 Å². The molecule has 0 aliphatic carbocycles. The van der Waals surface area contributed by atoms with Crippen molar-refractivity contribution in [2.24, 2.45) is 0 Å². The molecule has 0 bridgehead atoms. The van der Waals surface area contributed by atoms with Gasteiger partial charge < -0.3 is 5.11 Å². The van der Waals surface area contributed by atoms with E-state index in [-0.39, 0.29) is 6.10 Å². The first-order chi connectivity index (χ1) is 13.4. The van der Waals surface area contributed by atoms with E-state index in [1.165, 1.54) is 51.4 Å². The average molecular weight is 421 g/mol. The second-order valence-electron chi connectivity index (χ2n) is 8.54. The van der Waals surface area contributed by atoms with Gasteiger partial charge in [-0.15, -0.1) is 0 Å². The van der Waals surface area contributed by atoms with Gasteiger partial charge in [0.15, 0.2) is 0 Å². The maximum atomic E-state index is 11.6. The highest BCUT2D eigenvalue weighted by Crippen LogP contribution is 2.19. The Bertz CT molecular complexity index is 422. The lowest BCUT2D eigenvalue weighted by molar-refractivity contribution is 0.148. The fourth-order valence-electron chi connectivity index (χ4n) is 3.81. The van der Waals surface area contributed by atoms with Gasteiger partial charge in [0.25, 0.3) is 10.1 Å². The third-order valence-electron chi connectivity index (χ3n) is 5.76. The summed E-state index contributed by atoms with van der Waals surface area (Å²) in [6.45, 7) is 4.36. The molecule has 0 aliphatic heterocycles. The van der Waals surface area contributed by atoms with Crippen molar-refractivity contribution in [3.63, 3.8) is 0 Å². The molecule has 0 aromatic carbocycles. The minimum absolute atomic E-state index is 0.219. The molecular formula is C23H48O4S. The van der Waals surface area contributed by atoms with Crippen LogP contribution < -0.4 is 0 Å². The first-order valence-electron chi connectivity index (χ1n) is 12.1. The summed E-state index contributed by atoms with van der Waals surface area (Å²) in [5, 5.41) is 9.24. The zero-order valence-electron chi connectivity index (χ0n) is 18.7. The molecule has 0 saturated heterocycles. The summed E-state index contributed by atoms with van der Waals surface area (Å²) in [5.41, 5.74) is 0. The molecule has 2 atom stereocenters. The van der Waals surface area contributed by atoms with E-state index in [2.05, 4.69) is 13.8 Å². The summed E-state index contributed by atoms with van der Waals surface area (Å²) < 4.78 is 32.8. The van der Waals surface area contributed by atoms with Crippen LogP contribution in [-0.2, 0) is 10.1 Å². The SMILES string of the molecule is CCCCCCCCCCCCC(CCCCCC(O)CCCC)S(=O)(=O)O. The maximum Gasteiger partial charge on any atom is 0.267 e. The molecule has 0 aromatic rings. The Labute approximate surface area is 175 Å². The zero-order valence-corrected chi connectivity index (χ0v) is 19.5. The molecule has 170 valence electrons. The summed E-state index contributed by atoms with van der Waals surface area (Å²) in [4.78, 5) is 0. The van der Waals surface area contributed by atoms with Crippen LogP contribution in [0.1, 0.15) is 136 Å². The van der Waals surface area contributed by atoms with Crippen molar-refractivity contribution in [1.29, 1.82) is 0 Å². The first kappa shape index (κ1) is 27.9. The molecule has 28 heavy (non-hydrogen) atoms. The van der Waals surface area contributed by atoms with E-state index in [4.69, 9.17) is 0 Å². The van der Waals surface area contributed by atoms with Gasteiger partial charge >= 0.3 is 0 Å². The van der Waals surface area contributed by atoms with E-state index in [1.54, 1.807) is 0 Å². The van der Waals surface area contributed by atoms with Crippen LogP contribution in [-0.4, -0.2) is 29.4 Å². The number of aliphatic hydroxyl groups excluding tert-OH is 1. The Morgan fingerprint density at radius 3 is 1.39 bits per heavy atom. The highest BCUT2D eigenvalue weighted by molar-refractivity contribution is 7.86. The topological polar surface area (TPSA) is 74.6 Å². The van der Waals surface area contributed by atoms with Crippen LogP contribution in [0.15, 0.2) is 0 Å².